The fourth-order valence-corrected chi connectivity index (χ4v) is 3.66. The lowest BCUT2D eigenvalue weighted by Crippen LogP contribution is -2.07. The van der Waals surface area contributed by atoms with E-state index in [-0.39, 0.29) is 5.78 Å². The molecule has 0 bridgehead atoms. The summed E-state index contributed by atoms with van der Waals surface area (Å²) in [5, 5.41) is 0. The standard InChI is InChI=1S/C16H14Br2O/c1-9-4-10(2)15(11(3)5-9)16(19)12-6-13(17)8-14(18)7-12/h4-8H,1-3H3. The normalized spacial score (nSPS) is 10.6. The Morgan fingerprint density at radius 2 is 1.32 bits per heavy atom. The van der Waals surface area contributed by atoms with Gasteiger partial charge in [-0.05, 0) is 50.1 Å². The van der Waals surface area contributed by atoms with Gasteiger partial charge in [0.05, 0.1) is 0 Å². The molecular weight excluding hydrogens is 368 g/mol. The van der Waals surface area contributed by atoms with Crippen LogP contribution < -0.4 is 0 Å². The molecule has 0 saturated carbocycles. The number of halogens is 2. The van der Waals surface area contributed by atoms with E-state index < -0.39 is 0 Å². The van der Waals surface area contributed by atoms with Crippen molar-refractivity contribution < 1.29 is 4.79 Å². The number of hydrogen-bond acceptors (Lipinski definition) is 1. The molecule has 0 aliphatic heterocycles. The Hall–Kier alpha value is -0.930. The minimum Gasteiger partial charge on any atom is -0.289 e. The number of carbonyl (C=O) groups is 1. The molecule has 19 heavy (non-hydrogen) atoms. The van der Waals surface area contributed by atoms with Gasteiger partial charge < -0.3 is 0 Å². The van der Waals surface area contributed by atoms with Gasteiger partial charge in [0.25, 0.3) is 0 Å². The van der Waals surface area contributed by atoms with Crippen molar-refractivity contribution >= 4 is 37.6 Å². The molecule has 0 heterocycles. The Morgan fingerprint density at radius 1 is 0.842 bits per heavy atom. The summed E-state index contributed by atoms with van der Waals surface area (Å²) in [6.07, 6.45) is 0. The largest absolute Gasteiger partial charge is 0.289 e. The molecule has 2 rings (SSSR count). The average Bonchev–Trinajstić information content (AvgIpc) is 2.25. The van der Waals surface area contributed by atoms with Crippen molar-refractivity contribution in [1.29, 1.82) is 0 Å². The van der Waals surface area contributed by atoms with Crippen LogP contribution in [0.15, 0.2) is 39.3 Å². The van der Waals surface area contributed by atoms with Gasteiger partial charge in [-0.2, -0.15) is 0 Å². The maximum Gasteiger partial charge on any atom is 0.193 e. The molecule has 3 heteroatoms. The molecule has 0 saturated heterocycles. The van der Waals surface area contributed by atoms with Gasteiger partial charge in [-0.1, -0.05) is 49.6 Å². The summed E-state index contributed by atoms with van der Waals surface area (Å²) in [6.45, 7) is 6.02. The van der Waals surface area contributed by atoms with Crippen molar-refractivity contribution in [1.82, 2.24) is 0 Å². The highest BCUT2D eigenvalue weighted by Crippen LogP contribution is 2.25. The van der Waals surface area contributed by atoms with E-state index in [9.17, 15) is 4.79 Å². The zero-order valence-electron chi connectivity index (χ0n) is 11.1. The zero-order chi connectivity index (χ0) is 14.2. The summed E-state index contributed by atoms with van der Waals surface area (Å²) in [6, 6.07) is 9.73. The lowest BCUT2D eigenvalue weighted by Gasteiger charge is -2.11. The van der Waals surface area contributed by atoms with Crippen LogP contribution >= 0.6 is 31.9 Å². The highest BCUT2D eigenvalue weighted by Gasteiger charge is 2.15. The third kappa shape index (κ3) is 3.15. The summed E-state index contributed by atoms with van der Waals surface area (Å²) in [5.74, 6) is 0.0667. The molecule has 0 spiro atoms. The first-order chi connectivity index (χ1) is 8.88. The Labute approximate surface area is 130 Å². The van der Waals surface area contributed by atoms with Crippen molar-refractivity contribution in [3.63, 3.8) is 0 Å². The van der Waals surface area contributed by atoms with Crippen molar-refractivity contribution in [2.75, 3.05) is 0 Å². The second-order valence-corrected chi connectivity index (χ2v) is 6.59. The third-order valence-corrected chi connectivity index (χ3v) is 3.94. The van der Waals surface area contributed by atoms with Crippen molar-refractivity contribution in [3.8, 4) is 0 Å². The molecule has 0 aromatic heterocycles. The molecule has 0 radical (unpaired) electrons. The highest BCUT2D eigenvalue weighted by atomic mass is 79.9. The van der Waals surface area contributed by atoms with Crippen molar-refractivity contribution in [2.24, 2.45) is 0 Å². The first-order valence-electron chi connectivity index (χ1n) is 5.97. The summed E-state index contributed by atoms with van der Waals surface area (Å²) in [5.41, 5.74) is 4.73. The lowest BCUT2D eigenvalue weighted by atomic mass is 9.93. The SMILES string of the molecule is Cc1cc(C)c(C(=O)c2cc(Br)cc(Br)c2)c(C)c1. The fourth-order valence-electron chi connectivity index (χ4n) is 2.37. The molecule has 0 aliphatic rings. The number of aryl methyl sites for hydroxylation is 3. The van der Waals surface area contributed by atoms with Crippen molar-refractivity contribution in [2.45, 2.75) is 20.8 Å². The van der Waals surface area contributed by atoms with Crippen LogP contribution in [0.5, 0.6) is 0 Å². The van der Waals surface area contributed by atoms with Gasteiger partial charge in [0.1, 0.15) is 0 Å². The van der Waals surface area contributed by atoms with E-state index in [1.54, 1.807) is 0 Å². The smallest absolute Gasteiger partial charge is 0.193 e. The van der Waals surface area contributed by atoms with E-state index >= 15 is 0 Å². The third-order valence-electron chi connectivity index (χ3n) is 3.03. The van der Waals surface area contributed by atoms with Crippen molar-refractivity contribution in [3.05, 3.63) is 67.1 Å². The molecule has 0 amide bonds. The predicted molar refractivity (Wildman–Crippen MR) is 85.9 cm³/mol. The number of carbonyl (C=O) groups excluding carboxylic acids is 1. The monoisotopic (exact) mass is 380 g/mol. The Bertz CT molecular complexity index is 617. The fraction of sp³-hybridized carbons (Fsp3) is 0.188. The maximum atomic E-state index is 12.7. The Morgan fingerprint density at radius 3 is 1.79 bits per heavy atom. The average molecular weight is 382 g/mol. The molecule has 0 N–H and O–H groups in total. The van der Waals surface area contributed by atoms with Gasteiger partial charge in [-0.15, -0.1) is 0 Å². The molecule has 0 aliphatic carbocycles. The summed E-state index contributed by atoms with van der Waals surface area (Å²) < 4.78 is 1.79. The Kier molecular flexibility index (Phi) is 4.26. The van der Waals surface area contributed by atoms with Gasteiger partial charge >= 0.3 is 0 Å². The van der Waals surface area contributed by atoms with Crippen LogP contribution in [-0.2, 0) is 0 Å². The molecular formula is C16H14Br2O. The van der Waals surface area contributed by atoms with Crippen LogP contribution in [0.2, 0.25) is 0 Å². The maximum absolute atomic E-state index is 12.7. The van der Waals surface area contributed by atoms with Crippen LogP contribution in [0.4, 0.5) is 0 Å². The van der Waals surface area contributed by atoms with E-state index in [0.717, 1.165) is 25.6 Å². The lowest BCUT2D eigenvalue weighted by molar-refractivity contribution is 0.103. The van der Waals surface area contributed by atoms with E-state index in [1.807, 2.05) is 51.1 Å². The van der Waals surface area contributed by atoms with Crippen LogP contribution in [-0.4, -0.2) is 5.78 Å². The van der Waals surface area contributed by atoms with Gasteiger partial charge in [0.2, 0.25) is 0 Å². The molecule has 2 aromatic rings. The van der Waals surface area contributed by atoms with Gasteiger partial charge in [0, 0.05) is 20.1 Å². The van der Waals surface area contributed by atoms with Crippen LogP contribution in [0, 0.1) is 20.8 Å². The van der Waals surface area contributed by atoms with Crippen LogP contribution in [0.1, 0.15) is 32.6 Å². The van der Waals surface area contributed by atoms with Crippen LogP contribution in [0.25, 0.3) is 0 Å². The molecule has 98 valence electrons. The minimum absolute atomic E-state index is 0.0667. The second kappa shape index (κ2) is 5.59. The predicted octanol–water partition coefficient (Wildman–Crippen LogP) is 5.37. The number of benzene rings is 2. The number of hydrogen-bond donors (Lipinski definition) is 0. The zero-order valence-corrected chi connectivity index (χ0v) is 14.2. The van der Waals surface area contributed by atoms with E-state index in [2.05, 4.69) is 31.9 Å². The molecule has 1 nitrogen and oxygen atoms in total. The topological polar surface area (TPSA) is 17.1 Å². The summed E-state index contributed by atoms with van der Waals surface area (Å²) in [7, 11) is 0. The number of rotatable bonds is 2. The first kappa shape index (κ1) is 14.5. The van der Waals surface area contributed by atoms with Crippen LogP contribution in [0.3, 0.4) is 0 Å². The Balaban J connectivity index is 2.56. The van der Waals surface area contributed by atoms with Gasteiger partial charge in [0.15, 0.2) is 5.78 Å². The van der Waals surface area contributed by atoms with Gasteiger partial charge in [-0.25, -0.2) is 0 Å². The minimum atomic E-state index is 0.0667. The molecule has 2 aromatic carbocycles. The summed E-state index contributed by atoms with van der Waals surface area (Å²) >= 11 is 6.84. The second-order valence-electron chi connectivity index (χ2n) is 4.76. The van der Waals surface area contributed by atoms with E-state index in [0.29, 0.717) is 5.56 Å². The quantitative estimate of drug-likeness (QED) is 0.639. The summed E-state index contributed by atoms with van der Waals surface area (Å²) in [4.78, 5) is 12.7. The van der Waals surface area contributed by atoms with Gasteiger partial charge in [-0.3, -0.25) is 4.79 Å². The first-order valence-corrected chi connectivity index (χ1v) is 7.55. The van der Waals surface area contributed by atoms with E-state index in [4.69, 9.17) is 0 Å². The number of ketones is 1. The molecule has 0 atom stereocenters. The molecule has 0 unspecified atom stereocenters. The molecule has 0 fully saturated rings. The highest BCUT2D eigenvalue weighted by molar-refractivity contribution is 9.11. The van der Waals surface area contributed by atoms with E-state index in [1.165, 1.54) is 5.56 Å².